The van der Waals surface area contributed by atoms with Crippen molar-refractivity contribution >= 4 is 5.91 Å². The lowest BCUT2D eigenvalue weighted by Crippen LogP contribution is -2.44. The molecule has 2 aliphatic heterocycles. The largest absolute Gasteiger partial charge is 0.376 e. The maximum Gasteiger partial charge on any atom is 0.234 e. The van der Waals surface area contributed by atoms with Gasteiger partial charge in [-0.2, -0.15) is 0 Å². The summed E-state index contributed by atoms with van der Waals surface area (Å²) in [5, 5.41) is 3.03. The van der Waals surface area contributed by atoms with Crippen LogP contribution in [0.15, 0.2) is 30.3 Å². The maximum atomic E-state index is 12.1. The number of carbonyl (C=O) groups excluding carboxylic acids is 1. The number of nitrogens with zero attached hydrogens (tertiary/aromatic N) is 2. The molecule has 2 fully saturated rings. The maximum absolute atomic E-state index is 12.1. The number of likely N-dealkylation sites (tertiary alicyclic amines) is 1. The standard InChI is InChI=1S/C21H33N3O2/c1-23(15-18-6-3-2-4-7-18)16-19-9-11-24(12-10-19)17-21(25)22-14-20-8-5-13-26-20/h2-4,6-7,19-20H,5,8-17H2,1H3,(H,22,25). The summed E-state index contributed by atoms with van der Waals surface area (Å²) >= 11 is 0. The van der Waals surface area contributed by atoms with E-state index in [2.05, 4.69) is 52.5 Å². The molecule has 0 radical (unpaired) electrons. The van der Waals surface area contributed by atoms with E-state index in [0.717, 1.165) is 51.5 Å². The molecule has 0 bridgehead atoms. The lowest BCUT2D eigenvalue weighted by atomic mass is 9.96. The van der Waals surface area contributed by atoms with Crippen LogP contribution in [0.1, 0.15) is 31.2 Å². The zero-order valence-corrected chi connectivity index (χ0v) is 16.0. The van der Waals surface area contributed by atoms with E-state index in [-0.39, 0.29) is 12.0 Å². The van der Waals surface area contributed by atoms with Gasteiger partial charge in [0.1, 0.15) is 0 Å². The molecule has 5 nitrogen and oxygen atoms in total. The molecule has 144 valence electrons. The number of piperidine rings is 1. The molecule has 0 spiro atoms. The Morgan fingerprint density at radius 2 is 2.00 bits per heavy atom. The first-order valence-corrected chi connectivity index (χ1v) is 10.0. The molecular formula is C21H33N3O2. The van der Waals surface area contributed by atoms with Gasteiger partial charge in [0.15, 0.2) is 0 Å². The quantitative estimate of drug-likeness (QED) is 0.772. The van der Waals surface area contributed by atoms with Gasteiger partial charge in [-0.25, -0.2) is 0 Å². The van der Waals surface area contributed by atoms with Crippen molar-refractivity contribution < 1.29 is 9.53 Å². The second kappa shape index (κ2) is 10.0. The molecular weight excluding hydrogens is 326 g/mol. The van der Waals surface area contributed by atoms with E-state index in [1.54, 1.807) is 0 Å². The van der Waals surface area contributed by atoms with Crippen molar-refractivity contribution in [2.45, 2.75) is 38.3 Å². The zero-order valence-electron chi connectivity index (χ0n) is 16.0. The predicted octanol–water partition coefficient (Wildman–Crippen LogP) is 2.13. The predicted molar refractivity (Wildman–Crippen MR) is 104 cm³/mol. The fraction of sp³-hybridized carbons (Fsp3) is 0.667. The van der Waals surface area contributed by atoms with Crippen LogP contribution in [0.5, 0.6) is 0 Å². The summed E-state index contributed by atoms with van der Waals surface area (Å²) < 4.78 is 5.55. The minimum absolute atomic E-state index is 0.139. The molecule has 3 rings (SSSR count). The number of carbonyl (C=O) groups is 1. The Hall–Kier alpha value is -1.43. The lowest BCUT2D eigenvalue weighted by molar-refractivity contribution is -0.123. The Balaban J connectivity index is 1.30. The molecule has 0 aliphatic carbocycles. The van der Waals surface area contributed by atoms with E-state index in [0.29, 0.717) is 13.1 Å². The van der Waals surface area contributed by atoms with Crippen LogP contribution in [0.4, 0.5) is 0 Å². The molecule has 1 aromatic rings. The smallest absolute Gasteiger partial charge is 0.234 e. The van der Waals surface area contributed by atoms with Gasteiger partial charge in [0.2, 0.25) is 5.91 Å². The molecule has 1 unspecified atom stereocenters. The van der Waals surface area contributed by atoms with Gasteiger partial charge in [0.25, 0.3) is 0 Å². The fourth-order valence-electron chi connectivity index (χ4n) is 4.02. The van der Waals surface area contributed by atoms with Gasteiger partial charge in [0.05, 0.1) is 12.6 Å². The van der Waals surface area contributed by atoms with E-state index < -0.39 is 0 Å². The molecule has 1 atom stereocenters. The van der Waals surface area contributed by atoms with E-state index in [9.17, 15) is 4.79 Å². The summed E-state index contributed by atoms with van der Waals surface area (Å²) in [4.78, 5) is 16.8. The molecule has 0 aromatic heterocycles. The first-order valence-electron chi connectivity index (χ1n) is 10.0. The molecule has 2 aliphatic rings. The second-order valence-corrected chi connectivity index (χ2v) is 7.84. The highest BCUT2D eigenvalue weighted by molar-refractivity contribution is 5.78. The zero-order chi connectivity index (χ0) is 18.2. The number of ether oxygens (including phenoxy) is 1. The van der Waals surface area contributed by atoms with Crippen LogP contribution in [0.2, 0.25) is 0 Å². The summed E-state index contributed by atoms with van der Waals surface area (Å²) in [6, 6.07) is 10.6. The fourth-order valence-corrected chi connectivity index (χ4v) is 4.02. The van der Waals surface area contributed by atoms with E-state index >= 15 is 0 Å². The molecule has 1 amide bonds. The van der Waals surface area contributed by atoms with Gasteiger partial charge < -0.3 is 15.0 Å². The molecule has 0 saturated carbocycles. The molecule has 1 N–H and O–H groups in total. The van der Waals surface area contributed by atoms with Gasteiger partial charge >= 0.3 is 0 Å². The van der Waals surface area contributed by atoms with Crippen molar-refractivity contribution in [1.29, 1.82) is 0 Å². The Bertz CT molecular complexity index is 537. The summed E-state index contributed by atoms with van der Waals surface area (Å²) in [6.07, 6.45) is 4.77. The third kappa shape index (κ3) is 6.38. The van der Waals surface area contributed by atoms with Gasteiger partial charge in [-0.15, -0.1) is 0 Å². The van der Waals surface area contributed by atoms with Crippen LogP contribution >= 0.6 is 0 Å². The van der Waals surface area contributed by atoms with Crippen LogP contribution < -0.4 is 5.32 Å². The normalized spacial score (nSPS) is 22.0. The van der Waals surface area contributed by atoms with Crippen molar-refractivity contribution in [2.75, 3.05) is 46.4 Å². The van der Waals surface area contributed by atoms with Gasteiger partial charge in [-0.1, -0.05) is 30.3 Å². The molecule has 2 heterocycles. The number of hydrogen-bond donors (Lipinski definition) is 1. The minimum atomic E-state index is 0.139. The second-order valence-electron chi connectivity index (χ2n) is 7.84. The number of benzene rings is 1. The third-order valence-corrected chi connectivity index (χ3v) is 5.49. The Morgan fingerprint density at radius 1 is 1.23 bits per heavy atom. The van der Waals surface area contributed by atoms with Crippen LogP contribution in [0.25, 0.3) is 0 Å². The van der Waals surface area contributed by atoms with Crippen LogP contribution in [-0.4, -0.2) is 68.2 Å². The Labute approximate surface area is 157 Å². The van der Waals surface area contributed by atoms with Gasteiger partial charge in [-0.3, -0.25) is 9.69 Å². The monoisotopic (exact) mass is 359 g/mol. The molecule has 2 saturated heterocycles. The number of amides is 1. The lowest BCUT2D eigenvalue weighted by Gasteiger charge is -2.33. The van der Waals surface area contributed by atoms with Crippen molar-refractivity contribution in [2.24, 2.45) is 5.92 Å². The highest BCUT2D eigenvalue weighted by Crippen LogP contribution is 2.18. The minimum Gasteiger partial charge on any atom is -0.376 e. The van der Waals surface area contributed by atoms with E-state index in [1.807, 2.05) is 0 Å². The SMILES string of the molecule is CN(Cc1ccccc1)CC1CCN(CC(=O)NCC2CCCO2)CC1. The van der Waals surface area contributed by atoms with Crippen molar-refractivity contribution in [3.8, 4) is 0 Å². The number of hydrogen-bond acceptors (Lipinski definition) is 4. The Morgan fingerprint density at radius 3 is 2.69 bits per heavy atom. The summed E-state index contributed by atoms with van der Waals surface area (Å²) in [7, 11) is 2.21. The summed E-state index contributed by atoms with van der Waals surface area (Å²) in [5.41, 5.74) is 1.37. The van der Waals surface area contributed by atoms with Gasteiger partial charge in [0, 0.05) is 26.2 Å². The van der Waals surface area contributed by atoms with Crippen LogP contribution in [0, 0.1) is 5.92 Å². The van der Waals surface area contributed by atoms with E-state index in [1.165, 1.54) is 18.4 Å². The summed E-state index contributed by atoms with van der Waals surface area (Å²) in [5.74, 6) is 0.870. The highest BCUT2D eigenvalue weighted by atomic mass is 16.5. The van der Waals surface area contributed by atoms with Crippen molar-refractivity contribution in [1.82, 2.24) is 15.1 Å². The molecule has 5 heteroatoms. The number of rotatable bonds is 8. The van der Waals surface area contributed by atoms with Crippen LogP contribution in [-0.2, 0) is 16.1 Å². The summed E-state index contributed by atoms with van der Waals surface area (Å²) in [6.45, 7) is 6.22. The van der Waals surface area contributed by atoms with E-state index in [4.69, 9.17) is 4.74 Å². The highest BCUT2D eigenvalue weighted by Gasteiger charge is 2.22. The average molecular weight is 360 g/mol. The first kappa shape index (κ1) is 19.3. The topological polar surface area (TPSA) is 44.8 Å². The van der Waals surface area contributed by atoms with Crippen LogP contribution in [0.3, 0.4) is 0 Å². The Kier molecular flexibility index (Phi) is 7.47. The van der Waals surface area contributed by atoms with Crippen molar-refractivity contribution in [3.63, 3.8) is 0 Å². The average Bonchev–Trinajstić information content (AvgIpc) is 3.16. The van der Waals surface area contributed by atoms with Gasteiger partial charge in [-0.05, 0) is 57.3 Å². The third-order valence-electron chi connectivity index (χ3n) is 5.49. The first-order chi connectivity index (χ1) is 12.7. The molecule has 1 aromatic carbocycles. The van der Waals surface area contributed by atoms with Crippen molar-refractivity contribution in [3.05, 3.63) is 35.9 Å². The number of nitrogens with one attached hydrogen (secondary N) is 1. The molecule has 26 heavy (non-hydrogen) atoms.